The number of benzene rings is 10. The summed E-state index contributed by atoms with van der Waals surface area (Å²) < 4.78 is 6.98. The van der Waals surface area contributed by atoms with E-state index in [1.165, 1.54) is 104 Å². The van der Waals surface area contributed by atoms with Crippen LogP contribution >= 0.6 is 0 Å². The molecule has 0 spiro atoms. The average Bonchev–Trinajstić information content (AvgIpc) is 3.72. The minimum atomic E-state index is -0.259. The Hall–Kier alpha value is -6.96. The molecule has 0 N–H and O–H groups in total. The maximum Gasteiger partial charge on any atom is 0.140 e. The third-order valence-corrected chi connectivity index (χ3v) is 12.6. The second-order valence-electron chi connectivity index (χ2n) is 16.0. The van der Waals surface area contributed by atoms with E-state index in [4.69, 9.17) is 4.42 Å². The topological polar surface area (TPSA) is 13.1 Å². The first-order valence-corrected chi connectivity index (χ1v) is 19.6. The predicted octanol–water partition coefficient (Wildman–Crippen LogP) is 15.5. The van der Waals surface area contributed by atoms with E-state index in [0.29, 0.717) is 0 Å². The van der Waals surface area contributed by atoms with Gasteiger partial charge in [-0.2, -0.15) is 0 Å². The third-order valence-electron chi connectivity index (χ3n) is 12.6. The van der Waals surface area contributed by atoms with Crippen LogP contribution in [0.15, 0.2) is 186 Å². The molecule has 0 fully saturated rings. The molecule has 262 valence electrons. The third kappa shape index (κ3) is 4.37. The van der Waals surface area contributed by atoms with Crippen LogP contribution in [-0.4, -0.2) is 0 Å². The minimum absolute atomic E-state index is 0.259. The molecule has 56 heavy (non-hydrogen) atoms. The van der Waals surface area contributed by atoms with Crippen molar-refractivity contribution in [2.45, 2.75) is 19.3 Å². The van der Waals surface area contributed by atoms with Crippen LogP contribution in [0.1, 0.15) is 25.0 Å². The normalized spacial score (nSPS) is 13.3. The monoisotopic (exact) mass is 712 g/mol. The van der Waals surface area contributed by atoms with Gasteiger partial charge in [-0.3, -0.25) is 0 Å². The first-order chi connectivity index (χ1) is 27.5. The molecule has 0 saturated heterocycles. The zero-order valence-electron chi connectivity index (χ0n) is 31.2. The fraction of sp³-hybridized carbons (Fsp3) is 0.0545. The van der Waals surface area contributed by atoms with Crippen molar-refractivity contribution in [3.8, 4) is 44.5 Å². The van der Waals surface area contributed by atoms with Crippen molar-refractivity contribution < 1.29 is 4.42 Å². The van der Waals surface area contributed by atoms with Crippen molar-refractivity contribution in [3.05, 3.63) is 193 Å². The molecule has 1 heterocycles. The van der Waals surface area contributed by atoms with Crippen LogP contribution in [-0.2, 0) is 5.41 Å². The van der Waals surface area contributed by atoms with E-state index >= 15 is 0 Å². The summed E-state index contributed by atoms with van der Waals surface area (Å²) in [4.78, 5) is 0. The molecule has 0 bridgehead atoms. The summed E-state index contributed by atoms with van der Waals surface area (Å²) in [7, 11) is 0. The van der Waals surface area contributed by atoms with Gasteiger partial charge in [-0.15, -0.1) is 0 Å². The number of fused-ring (bicyclic) bond motifs is 11. The number of hydrogen-bond donors (Lipinski definition) is 0. The molecule has 1 nitrogen and oxygen atoms in total. The lowest BCUT2D eigenvalue weighted by molar-refractivity contribution is 0.620. The van der Waals surface area contributed by atoms with Gasteiger partial charge in [-0.25, -0.2) is 0 Å². The predicted molar refractivity (Wildman–Crippen MR) is 238 cm³/mol. The lowest BCUT2D eigenvalue weighted by atomic mass is 9.79. The second-order valence-corrected chi connectivity index (χ2v) is 16.0. The summed E-state index contributed by atoms with van der Waals surface area (Å²) in [5.41, 5.74) is 14.3. The molecule has 0 atom stereocenters. The van der Waals surface area contributed by atoms with E-state index in [1.54, 1.807) is 0 Å². The summed E-state index contributed by atoms with van der Waals surface area (Å²) in [6.07, 6.45) is 0. The fourth-order valence-corrected chi connectivity index (χ4v) is 9.99. The molecule has 10 aromatic carbocycles. The Balaban J connectivity index is 1.18. The highest BCUT2D eigenvalue weighted by atomic mass is 16.3. The van der Waals surface area contributed by atoms with Gasteiger partial charge in [0, 0.05) is 21.8 Å². The van der Waals surface area contributed by atoms with E-state index in [0.717, 1.165) is 16.6 Å². The van der Waals surface area contributed by atoms with E-state index < -0.39 is 0 Å². The summed E-state index contributed by atoms with van der Waals surface area (Å²) >= 11 is 0. The van der Waals surface area contributed by atoms with Gasteiger partial charge < -0.3 is 4.42 Å². The maximum absolute atomic E-state index is 6.98. The molecule has 0 aliphatic heterocycles. The highest BCUT2D eigenvalue weighted by Crippen LogP contribution is 2.58. The maximum atomic E-state index is 6.98. The van der Waals surface area contributed by atoms with Crippen LogP contribution in [0.5, 0.6) is 0 Å². The molecule has 1 aliphatic rings. The van der Waals surface area contributed by atoms with Crippen LogP contribution in [0.2, 0.25) is 0 Å². The molecule has 0 unspecified atom stereocenters. The Labute approximate surface area is 325 Å². The molecule has 11 aromatic rings. The number of furan rings is 1. The van der Waals surface area contributed by atoms with Gasteiger partial charge in [0.25, 0.3) is 0 Å². The Morgan fingerprint density at radius 3 is 1.62 bits per heavy atom. The van der Waals surface area contributed by atoms with E-state index in [1.807, 2.05) is 0 Å². The zero-order valence-corrected chi connectivity index (χ0v) is 31.2. The Kier molecular flexibility index (Phi) is 6.46. The molecule has 12 rings (SSSR count). The summed E-state index contributed by atoms with van der Waals surface area (Å²) in [6.45, 7) is 4.73. The van der Waals surface area contributed by atoms with Gasteiger partial charge in [0.05, 0.1) is 0 Å². The van der Waals surface area contributed by atoms with Crippen LogP contribution in [0, 0.1) is 0 Å². The highest BCUT2D eigenvalue weighted by molar-refractivity contribution is 6.25. The van der Waals surface area contributed by atoms with Crippen molar-refractivity contribution in [2.75, 3.05) is 0 Å². The first kappa shape index (κ1) is 31.4. The Morgan fingerprint density at radius 2 is 0.911 bits per heavy atom. The average molecular weight is 713 g/mol. The molecule has 1 aromatic heterocycles. The second kappa shape index (κ2) is 11.5. The van der Waals surface area contributed by atoms with Crippen molar-refractivity contribution in [1.82, 2.24) is 0 Å². The molecule has 1 aliphatic carbocycles. The Morgan fingerprint density at radius 1 is 0.357 bits per heavy atom. The quantitative estimate of drug-likeness (QED) is 0.166. The van der Waals surface area contributed by atoms with Crippen molar-refractivity contribution in [2.24, 2.45) is 0 Å². The molecule has 0 radical (unpaired) electrons. The lowest BCUT2D eigenvalue weighted by Gasteiger charge is -2.23. The molecular weight excluding hydrogens is 677 g/mol. The zero-order chi connectivity index (χ0) is 37.1. The standard InChI is InChI=1S/C55H36O/c1-55(2)48-23-13-12-22-44(48)52-47(32-46-45-30-34-16-6-7-17-35(34)31-49(45)56-54(46)53(52)55)51-42-20-10-8-18-40(42)50(41-19-9-11-21-43(41)51)39-27-26-37-28-36(24-25-38(37)29-39)33-14-4-3-5-15-33/h3-32H,1-2H3. The number of rotatable bonds is 3. The van der Waals surface area contributed by atoms with Crippen molar-refractivity contribution in [3.63, 3.8) is 0 Å². The van der Waals surface area contributed by atoms with Gasteiger partial charge in [-0.1, -0.05) is 166 Å². The van der Waals surface area contributed by atoms with Gasteiger partial charge >= 0.3 is 0 Å². The molecular formula is C55H36O. The highest BCUT2D eigenvalue weighted by Gasteiger charge is 2.40. The van der Waals surface area contributed by atoms with E-state index in [9.17, 15) is 0 Å². The van der Waals surface area contributed by atoms with Crippen molar-refractivity contribution >= 4 is 65.0 Å². The molecule has 1 heteroatoms. The molecule has 0 amide bonds. The smallest absolute Gasteiger partial charge is 0.140 e. The molecule has 0 saturated carbocycles. The van der Waals surface area contributed by atoms with E-state index in [2.05, 4.69) is 196 Å². The van der Waals surface area contributed by atoms with Crippen LogP contribution in [0.25, 0.3) is 110 Å². The first-order valence-electron chi connectivity index (χ1n) is 19.6. The van der Waals surface area contributed by atoms with Gasteiger partial charge in [0.2, 0.25) is 0 Å². The number of hydrogen-bond acceptors (Lipinski definition) is 1. The van der Waals surface area contributed by atoms with Crippen LogP contribution < -0.4 is 0 Å². The minimum Gasteiger partial charge on any atom is -0.456 e. The summed E-state index contributed by atoms with van der Waals surface area (Å²) in [5, 5.41) is 12.2. The van der Waals surface area contributed by atoms with E-state index in [-0.39, 0.29) is 5.41 Å². The van der Waals surface area contributed by atoms with Gasteiger partial charge in [0.1, 0.15) is 11.2 Å². The van der Waals surface area contributed by atoms with Crippen LogP contribution in [0.4, 0.5) is 0 Å². The van der Waals surface area contributed by atoms with Gasteiger partial charge in [0.15, 0.2) is 0 Å². The SMILES string of the molecule is CC1(C)c2ccccc2-c2c(-c3c4ccccc4c(-c4ccc5cc(-c6ccccc6)ccc5c4)c4ccccc34)cc3c(oc4cc5ccccc5cc43)c21. The summed E-state index contributed by atoms with van der Waals surface area (Å²) in [5.74, 6) is 0. The Bertz CT molecular complexity index is 3380. The van der Waals surface area contributed by atoms with Crippen molar-refractivity contribution in [1.29, 1.82) is 0 Å². The van der Waals surface area contributed by atoms with Gasteiger partial charge in [-0.05, 0) is 123 Å². The lowest BCUT2D eigenvalue weighted by Crippen LogP contribution is -2.15. The summed E-state index contributed by atoms with van der Waals surface area (Å²) in [6, 6.07) is 67.1. The van der Waals surface area contributed by atoms with Crippen LogP contribution in [0.3, 0.4) is 0 Å². The fourth-order valence-electron chi connectivity index (χ4n) is 9.99. The largest absolute Gasteiger partial charge is 0.456 e.